The summed E-state index contributed by atoms with van der Waals surface area (Å²) in [5.41, 5.74) is 1.37. The Hall–Kier alpha value is -2.08. The van der Waals surface area contributed by atoms with Crippen LogP contribution >= 0.6 is 0 Å². The molecule has 0 aliphatic rings. The van der Waals surface area contributed by atoms with E-state index in [1.165, 1.54) is 25.7 Å². The first kappa shape index (κ1) is 23.0. The van der Waals surface area contributed by atoms with Crippen molar-refractivity contribution in [2.75, 3.05) is 6.61 Å². The SMILES string of the molecule is CCCCCCCCCOC(=O)OOOC(=O)c1ccc(C(C)(C)C)cc1. The van der Waals surface area contributed by atoms with Crippen LogP contribution in [0.25, 0.3) is 0 Å². The van der Waals surface area contributed by atoms with E-state index < -0.39 is 12.1 Å². The van der Waals surface area contributed by atoms with E-state index in [4.69, 9.17) is 4.74 Å². The summed E-state index contributed by atoms with van der Waals surface area (Å²) in [6.45, 7) is 8.67. The van der Waals surface area contributed by atoms with Crippen LogP contribution < -0.4 is 0 Å². The van der Waals surface area contributed by atoms with Gasteiger partial charge in [0.1, 0.15) is 0 Å². The van der Waals surface area contributed by atoms with Gasteiger partial charge in [-0.05, 0) is 29.5 Å². The number of ether oxygens (including phenoxy) is 1. The van der Waals surface area contributed by atoms with E-state index in [1.807, 2.05) is 12.1 Å². The average molecular weight is 380 g/mol. The summed E-state index contributed by atoms with van der Waals surface area (Å²) in [6.07, 6.45) is 6.79. The van der Waals surface area contributed by atoms with Crippen LogP contribution in [0.5, 0.6) is 0 Å². The van der Waals surface area contributed by atoms with Gasteiger partial charge in [-0.3, -0.25) is 4.89 Å². The van der Waals surface area contributed by atoms with Gasteiger partial charge in [-0.1, -0.05) is 78.4 Å². The van der Waals surface area contributed by atoms with Crippen molar-refractivity contribution in [3.05, 3.63) is 35.4 Å². The Labute approximate surface area is 162 Å². The Bertz CT molecular complexity index is 559. The molecule has 0 fully saturated rings. The standard InChI is InChI=1S/C21H32O6/c1-5-6-7-8-9-10-11-16-24-20(23)26-27-25-19(22)17-12-14-18(15-13-17)21(2,3)4/h12-15H,5-11,16H2,1-4H3. The van der Waals surface area contributed by atoms with Gasteiger partial charge in [0.05, 0.1) is 17.2 Å². The van der Waals surface area contributed by atoms with E-state index in [2.05, 4.69) is 42.5 Å². The van der Waals surface area contributed by atoms with E-state index in [9.17, 15) is 9.59 Å². The highest BCUT2D eigenvalue weighted by atomic mass is 17.5. The third-order valence-corrected chi connectivity index (χ3v) is 4.17. The Balaban J connectivity index is 2.14. The number of benzene rings is 1. The van der Waals surface area contributed by atoms with Crippen LogP contribution in [0, 0.1) is 0 Å². The lowest BCUT2D eigenvalue weighted by Gasteiger charge is -2.18. The van der Waals surface area contributed by atoms with Gasteiger partial charge in [-0.2, -0.15) is 0 Å². The lowest BCUT2D eigenvalue weighted by Crippen LogP contribution is -2.14. The van der Waals surface area contributed by atoms with Crippen molar-refractivity contribution in [2.45, 2.75) is 78.1 Å². The van der Waals surface area contributed by atoms with Crippen molar-refractivity contribution in [1.29, 1.82) is 0 Å². The topological polar surface area (TPSA) is 71.1 Å². The van der Waals surface area contributed by atoms with Crippen molar-refractivity contribution < 1.29 is 29.1 Å². The molecule has 0 atom stereocenters. The van der Waals surface area contributed by atoms with Crippen LogP contribution in [0.4, 0.5) is 4.79 Å². The van der Waals surface area contributed by atoms with Gasteiger partial charge in [0.25, 0.3) is 0 Å². The van der Waals surface area contributed by atoms with E-state index in [0.717, 1.165) is 24.8 Å². The van der Waals surface area contributed by atoms with Crippen LogP contribution in [0.2, 0.25) is 0 Å². The lowest BCUT2D eigenvalue weighted by molar-refractivity contribution is -0.452. The fourth-order valence-corrected chi connectivity index (χ4v) is 2.47. The molecular formula is C21H32O6. The summed E-state index contributed by atoms with van der Waals surface area (Å²) in [6, 6.07) is 6.94. The quantitative estimate of drug-likeness (QED) is 0.206. The summed E-state index contributed by atoms with van der Waals surface area (Å²) < 4.78 is 4.83. The van der Waals surface area contributed by atoms with E-state index >= 15 is 0 Å². The number of carbonyl (C=O) groups is 2. The molecule has 27 heavy (non-hydrogen) atoms. The van der Waals surface area contributed by atoms with Gasteiger partial charge in [-0.15, -0.1) is 0 Å². The highest BCUT2D eigenvalue weighted by molar-refractivity contribution is 5.88. The molecule has 0 saturated heterocycles. The molecule has 1 aromatic carbocycles. The molecular weight excluding hydrogens is 348 g/mol. The Morgan fingerprint density at radius 3 is 2.04 bits per heavy atom. The molecule has 1 rings (SSSR count). The first-order chi connectivity index (χ1) is 12.8. The second kappa shape index (κ2) is 12.3. The van der Waals surface area contributed by atoms with Gasteiger partial charge < -0.3 is 4.74 Å². The summed E-state index contributed by atoms with van der Waals surface area (Å²) in [5.74, 6) is -0.754. The highest BCUT2D eigenvalue weighted by Crippen LogP contribution is 2.22. The average Bonchev–Trinajstić information content (AvgIpc) is 2.63. The van der Waals surface area contributed by atoms with Crippen LogP contribution in [0.3, 0.4) is 0 Å². The minimum atomic E-state index is -1.03. The number of carbonyl (C=O) groups excluding carboxylic acids is 2. The maximum atomic E-state index is 11.8. The Morgan fingerprint density at radius 2 is 1.44 bits per heavy atom. The molecule has 0 aliphatic carbocycles. The maximum Gasteiger partial charge on any atom is 0.543 e. The van der Waals surface area contributed by atoms with Gasteiger partial charge >= 0.3 is 12.1 Å². The van der Waals surface area contributed by atoms with Crippen molar-refractivity contribution >= 4 is 12.1 Å². The van der Waals surface area contributed by atoms with Gasteiger partial charge in [0, 0.05) is 0 Å². The number of rotatable bonds is 11. The minimum Gasteiger partial charge on any atom is -0.432 e. The fraction of sp³-hybridized carbons (Fsp3) is 0.619. The van der Waals surface area contributed by atoms with Gasteiger partial charge in [0.2, 0.25) is 0 Å². The van der Waals surface area contributed by atoms with Crippen molar-refractivity contribution in [3.8, 4) is 0 Å². The third kappa shape index (κ3) is 9.99. The van der Waals surface area contributed by atoms with Crippen LogP contribution in [0.1, 0.15) is 88.6 Å². The molecule has 0 N–H and O–H groups in total. The summed E-state index contributed by atoms with van der Waals surface area (Å²) in [5, 5.41) is 4.21. The van der Waals surface area contributed by atoms with Crippen molar-refractivity contribution in [3.63, 3.8) is 0 Å². The zero-order valence-corrected chi connectivity index (χ0v) is 16.9. The Morgan fingerprint density at radius 1 is 0.852 bits per heavy atom. The molecule has 6 heteroatoms. The molecule has 0 aromatic heterocycles. The molecule has 0 heterocycles. The first-order valence-electron chi connectivity index (χ1n) is 9.67. The number of hydrogen-bond donors (Lipinski definition) is 0. The zero-order valence-electron chi connectivity index (χ0n) is 16.9. The predicted molar refractivity (Wildman–Crippen MR) is 102 cm³/mol. The van der Waals surface area contributed by atoms with Crippen LogP contribution in [0.15, 0.2) is 24.3 Å². The van der Waals surface area contributed by atoms with E-state index in [1.54, 1.807) is 12.1 Å². The summed E-state index contributed by atoms with van der Waals surface area (Å²) in [7, 11) is 0. The molecule has 0 aliphatic heterocycles. The molecule has 0 spiro atoms. The fourth-order valence-electron chi connectivity index (χ4n) is 2.47. The third-order valence-electron chi connectivity index (χ3n) is 4.17. The second-order valence-corrected chi connectivity index (χ2v) is 7.57. The molecule has 152 valence electrons. The zero-order chi connectivity index (χ0) is 20.1. The maximum absolute atomic E-state index is 11.8. The molecule has 0 unspecified atom stereocenters. The molecule has 0 radical (unpaired) electrons. The van der Waals surface area contributed by atoms with Crippen molar-refractivity contribution in [2.24, 2.45) is 0 Å². The largest absolute Gasteiger partial charge is 0.543 e. The molecule has 0 bridgehead atoms. The summed E-state index contributed by atoms with van der Waals surface area (Å²) in [4.78, 5) is 31.9. The van der Waals surface area contributed by atoms with Gasteiger partial charge in [-0.25, -0.2) is 14.5 Å². The normalized spacial score (nSPS) is 11.1. The molecule has 0 amide bonds. The monoisotopic (exact) mass is 380 g/mol. The van der Waals surface area contributed by atoms with Crippen LogP contribution in [-0.4, -0.2) is 18.7 Å². The van der Waals surface area contributed by atoms with Crippen LogP contribution in [-0.2, 0) is 25.0 Å². The first-order valence-corrected chi connectivity index (χ1v) is 9.67. The van der Waals surface area contributed by atoms with E-state index in [0.29, 0.717) is 5.56 Å². The smallest absolute Gasteiger partial charge is 0.432 e. The van der Waals surface area contributed by atoms with E-state index in [-0.39, 0.29) is 12.0 Å². The molecule has 1 aromatic rings. The second-order valence-electron chi connectivity index (χ2n) is 7.57. The van der Waals surface area contributed by atoms with Gasteiger partial charge in [0.15, 0.2) is 0 Å². The summed E-state index contributed by atoms with van der Waals surface area (Å²) >= 11 is 0. The minimum absolute atomic E-state index is 0.0126. The molecule has 6 nitrogen and oxygen atoms in total. The number of unbranched alkanes of at least 4 members (excludes halogenated alkanes) is 6. The molecule has 0 saturated carbocycles. The predicted octanol–water partition coefficient (Wildman–Crippen LogP) is 5.89. The van der Waals surface area contributed by atoms with Crippen molar-refractivity contribution in [1.82, 2.24) is 0 Å². The lowest BCUT2D eigenvalue weighted by atomic mass is 9.87. The highest BCUT2D eigenvalue weighted by Gasteiger charge is 2.16. The Kier molecular flexibility index (Phi) is 10.5. The number of hydrogen-bond acceptors (Lipinski definition) is 6.